The second-order valence-electron chi connectivity index (χ2n) is 7.15. The van der Waals surface area contributed by atoms with Crippen LogP contribution in [0.15, 0.2) is 103 Å². The fraction of sp³-hybridized carbons (Fsp3) is 0.0714. The normalized spacial score (nSPS) is 9.94. The van der Waals surface area contributed by atoms with E-state index in [1.807, 2.05) is 77.6 Å². The third-order valence-electron chi connectivity index (χ3n) is 4.92. The summed E-state index contributed by atoms with van der Waals surface area (Å²) in [6, 6.07) is 36.2. The van der Waals surface area contributed by atoms with E-state index in [0.717, 1.165) is 22.6 Å². The third kappa shape index (κ3) is 5.67. The minimum Gasteiger partial charge on any atom is -0.305 e. The molecule has 161 valence electrons. The number of hydrogen-bond donors (Lipinski definition) is 0. The summed E-state index contributed by atoms with van der Waals surface area (Å²) in [4.78, 5) is 4.22. The van der Waals surface area contributed by atoms with Crippen LogP contribution in [0.3, 0.4) is 0 Å². The van der Waals surface area contributed by atoms with Crippen molar-refractivity contribution in [3.8, 4) is 28.2 Å². The fourth-order valence-electron chi connectivity index (χ4n) is 3.41. The largest absolute Gasteiger partial charge is 0.305 e. The molecular formula is C28H23IrN3-2. The molecule has 0 amide bonds. The van der Waals surface area contributed by atoms with Crippen LogP contribution in [0, 0.1) is 26.0 Å². The van der Waals surface area contributed by atoms with Gasteiger partial charge in [-0.25, -0.2) is 0 Å². The van der Waals surface area contributed by atoms with Gasteiger partial charge in [-0.05, 0) is 48.5 Å². The summed E-state index contributed by atoms with van der Waals surface area (Å²) < 4.78 is 1.86. The molecule has 3 aromatic carbocycles. The minimum absolute atomic E-state index is 0. The van der Waals surface area contributed by atoms with Crippen molar-refractivity contribution in [2.45, 2.75) is 13.8 Å². The van der Waals surface area contributed by atoms with Crippen molar-refractivity contribution in [1.82, 2.24) is 14.8 Å². The standard InChI is InChI=1S/C17H15N2.C11H8N.Ir/c1-13-7-6-8-14(2)17(13)16-11-12-19(18-16)15-9-4-3-5-10-15;1-2-6-10(7-3-1)11-8-4-5-9-12-11;/h3-9,11-12H,1-2H3;1-6,8-9H;/q2*-1;. The van der Waals surface area contributed by atoms with E-state index in [4.69, 9.17) is 0 Å². The first-order valence-corrected chi connectivity index (χ1v) is 10.2. The van der Waals surface area contributed by atoms with Crippen LogP contribution in [0.1, 0.15) is 11.1 Å². The summed E-state index contributed by atoms with van der Waals surface area (Å²) in [6.07, 6.45) is 3.77. The van der Waals surface area contributed by atoms with Gasteiger partial charge >= 0.3 is 0 Å². The first-order chi connectivity index (χ1) is 15.2. The monoisotopic (exact) mass is 594 g/mol. The number of hydrogen-bond acceptors (Lipinski definition) is 2. The number of aryl methyl sites for hydroxylation is 2. The van der Waals surface area contributed by atoms with Crippen LogP contribution in [-0.4, -0.2) is 14.8 Å². The predicted molar refractivity (Wildman–Crippen MR) is 126 cm³/mol. The van der Waals surface area contributed by atoms with Crippen LogP contribution in [0.5, 0.6) is 0 Å². The zero-order valence-corrected chi connectivity index (χ0v) is 20.4. The first kappa shape index (κ1) is 23.3. The Kier molecular flexibility index (Phi) is 8.27. The van der Waals surface area contributed by atoms with E-state index in [0.29, 0.717) is 0 Å². The summed E-state index contributed by atoms with van der Waals surface area (Å²) in [5.41, 5.74) is 7.70. The fourth-order valence-corrected chi connectivity index (χ4v) is 3.41. The van der Waals surface area contributed by atoms with E-state index in [9.17, 15) is 0 Å². The molecule has 2 aromatic heterocycles. The molecule has 0 aliphatic rings. The zero-order chi connectivity index (χ0) is 21.5. The molecule has 1 radical (unpaired) electrons. The summed E-state index contributed by atoms with van der Waals surface area (Å²) in [6.45, 7) is 4.24. The van der Waals surface area contributed by atoms with E-state index in [1.54, 1.807) is 6.20 Å². The van der Waals surface area contributed by atoms with E-state index in [-0.39, 0.29) is 20.1 Å². The van der Waals surface area contributed by atoms with Gasteiger partial charge in [-0.15, -0.1) is 42.0 Å². The number of para-hydroxylation sites is 1. The van der Waals surface area contributed by atoms with Gasteiger partial charge in [-0.1, -0.05) is 30.3 Å². The molecule has 0 aliphatic heterocycles. The Morgan fingerprint density at radius 1 is 0.688 bits per heavy atom. The molecule has 5 rings (SSSR count). The van der Waals surface area contributed by atoms with Crippen LogP contribution in [0.4, 0.5) is 0 Å². The van der Waals surface area contributed by atoms with Gasteiger partial charge in [0.1, 0.15) is 0 Å². The molecule has 0 bridgehead atoms. The maximum atomic E-state index is 4.66. The number of nitrogens with zero attached hydrogens (tertiary/aromatic N) is 3. The maximum Gasteiger partial charge on any atom is 0.0932 e. The van der Waals surface area contributed by atoms with Crippen LogP contribution < -0.4 is 0 Å². The molecule has 2 heterocycles. The smallest absolute Gasteiger partial charge is 0.0932 e. The molecular weight excluding hydrogens is 571 g/mol. The Morgan fingerprint density at radius 2 is 1.41 bits per heavy atom. The van der Waals surface area contributed by atoms with Crippen molar-refractivity contribution in [3.63, 3.8) is 0 Å². The summed E-state index contributed by atoms with van der Waals surface area (Å²) in [5.74, 6) is 0. The summed E-state index contributed by atoms with van der Waals surface area (Å²) in [7, 11) is 0. The van der Waals surface area contributed by atoms with E-state index < -0.39 is 0 Å². The molecule has 3 nitrogen and oxygen atoms in total. The van der Waals surface area contributed by atoms with Gasteiger partial charge in [-0.2, -0.15) is 29.4 Å². The average molecular weight is 594 g/mol. The van der Waals surface area contributed by atoms with Crippen molar-refractivity contribution in [2.75, 3.05) is 0 Å². The van der Waals surface area contributed by atoms with Gasteiger partial charge in [0.25, 0.3) is 0 Å². The Labute approximate surface area is 203 Å². The van der Waals surface area contributed by atoms with Crippen molar-refractivity contribution in [2.24, 2.45) is 0 Å². The molecule has 0 aliphatic carbocycles. The van der Waals surface area contributed by atoms with E-state index in [2.05, 4.69) is 60.3 Å². The van der Waals surface area contributed by atoms with Gasteiger partial charge in [0.2, 0.25) is 0 Å². The van der Waals surface area contributed by atoms with Crippen molar-refractivity contribution in [3.05, 3.63) is 127 Å². The van der Waals surface area contributed by atoms with Crippen molar-refractivity contribution < 1.29 is 20.1 Å². The molecule has 5 aromatic rings. The Bertz CT molecular complexity index is 1180. The molecule has 0 fully saturated rings. The average Bonchev–Trinajstić information content (AvgIpc) is 3.31. The number of pyridine rings is 1. The van der Waals surface area contributed by atoms with Crippen LogP contribution in [0.25, 0.3) is 28.2 Å². The number of rotatable bonds is 3. The third-order valence-corrected chi connectivity index (χ3v) is 4.92. The molecule has 0 N–H and O–H groups in total. The molecule has 0 spiro atoms. The van der Waals surface area contributed by atoms with Crippen LogP contribution >= 0.6 is 0 Å². The summed E-state index contributed by atoms with van der Waals surface area (Å²) in [5, 5.41) is 4.66. The Hall–Kier alpha value is -3.33. The summed E-state index contributed by atoms with van der Waals surface area (Å²) >= 11 is 0. The number of benzene rings is 3. The molecule has 0 unspecified atom stereocenters. The molecule has 0 saturated carbocycles. The van der Waals surface area contributed by atoms with E-state index in [1.165, 1.54) is 16.7 Å². The van der Waals surface area contributed by atoms with Gasteiger partial charge in [0.05, 0.1) is 5.69 Å². The Balaban J connectivity index is 0.000000193. The topological polar surface area (TPSA) is 30.7 Å². The zero-order valence-electron chi connectivity index (χ0n) is 18.0. The van der Waals surface area contributed by atoms with Crippen LogP contribution in [0.2, 0.25) is 0 Å². The van der Waals surface area contributed by atoms with Gasteiger partial charge in [-0.3, -0.25) is 4.68 Å². The minimum atomic E-state index is 0. The van der Waals surface area contributed by atoms with Crippen LogP contribution in [-0.2, 0) is 20.1 Å². The first-order valence-electron chi connectivity index (χ1n) is 10.2. The molecule has 4 heteroatoms. The van der Waals surface area contributed by atoms with Gasteiger partial charge < -0.3 is 4.98 Å². The van der Waals surface area contributed by atoms with E-state index >= 15 is 0 Å². The number of aromatic nitrogens is 3. The van der Waals surface area contributed by atoms with Crippen molar-refractivity contribution >= 4 is 0 Å². The van der Waals surface area contributed by atoms with Crippen molar-refractivity contribution in [1.29, 1.82) is 0 Å². The second kappa shape index (κ2) is 11.3. The van der Waals surface area contributed by atoms with Gasteiger partial charge in [0.15, 0.2) is 0 Å². The quantitative estimate of drug-likeness (QED) is 0.224. The van der Waals surface area contributed by atoms with Gasteiger partial charge in [0, 0.05) is 38.1 Å². The SMILES string of the molecule is Cc1cccc(C)c1-c1ccn(-c2[c-]cccc2)n1.[Ir].[c-]1ccccc1-c1ccccn1. The molecule has 32 heavy (non-hydrogen) atoms. The maximum absolute atomic E-state index is 4.66. The molecule has 0 saturated heterocycles. The Morgan fingerprint density at radius 3 is 2.03 bits per heavy atom. The predicted octanol–water partition coefficient (Wildman–Crippen LogP) is 6.50. The second-order valence-corrected chi connectivity index (χ2v) is 7.15. The molecule has 0 atom stereocenters.